The van der Waals surface area contributed by atoms with Crippen LogP contribution in [0.2, 0.25) is 0 Å². The maximum Gasteiger partial charge on any atom is 0.208 e. The maximum absolute atomic E-state index is 8.78. The SMILES string of the molecule is [CH2]CC(S)C1(CCO)N=NN=N1. The molecule has 0 amide bonds. The van der Waals surface area contributed by atoms with E-state index in [0.29, 0.717) is 12.8 Å². The fourth-order valence-electron chi connectivity index (χ4n) is 1.01. The molecule has 1 aliphatic heterocycles. The Labute approximate surface area is 76.4 Å². The van der Waals surface area contributed by atoms with Gasteiger partial charge in [0.2, 0.25) is 5.66 Å². The van der Waals surface area contributed by atoms with Crippen LogP contribution in [0.5, 0.6) is 0 Å². The summed E-state index contributed by atoms with van der Waals surface area (Å²) in [6.45, 7) is 3.69. The zero-order valence-corrected chi connectivity index (χ0v) is 7.48. The van der Waals surface area contributed by atoms with Gasteiger partial charge < -0.3 is 5.11 Å². The Balaban J connectivity index is 2.73. The second-order valence-electron chi connectivity index (χ2n) is 2.54. The molecule has 12 heavy (non-hydrogen) atoms. The number of aliphatic hydroxyl groups excluding tert-OH is 1. The largest absolute Gasteiger partial charge is 0.396 e. The van der Waals surface area contributed by atoms with E-state index in [0.717, 1.165) is 0 Å². The van der Waals surface area contributed by atoms with E-state index >= 15 is 0 Å². The molecule has 6 heteroatoms. The van der Waals surface area contributed by atoms with Crippen LogP contribution in [0.3, 0.4) is 0 Å². The molecular formula is C6H11N4OS. The highest BCUT2D eigenvalue weighted by molar-refractivity contribution is 7.81. The minimum atomic E-state index is -0.778. The van der Waals surface area contributed by atoms with E-state index in [4.69, 9.17) is 5.11 Å². The number of rotatable bonds is 4. The van der Waals surface area contributed by atoms with Gasteiger partial charge in [-0.15, -0.1) is 10.2 Å². The molecule has 1 unspecified atom stereocenters. The Bertz CT molecular complexity index is 194. The van der Waals surface area contributed by atoms with E-state index in [9.17, 15) is 0 Å². The summed E-state index contributed by atoms with van der Waals surface area (Å²) in [6, 6.07) is 0. The summed E-state index contributed by atoms with van der Waals surface area (Å²) < 4.78 is 0. The average molecular weight is 187 g/mol. The smallest absolute Gasteiger partial charge is 0.208 e. The lowest BCUT2D eigenvalue weighted by atomic mass is 10.0. The Hall–Kier alpha value is -0.490. The third-order valence-corrected chi connectivity index (χ3v) is 2.43. The van der Waals surface area contributed by atoms with Gasteiger partial charge in [0.05, 0.1) is 5.25 Å². The van der Waals surface area contributed by atoms with Crippen molar-refractivity contribution in [3.63, 3.8) is 0 Å². The first-order valence-corrected chi connectivity index (χ1v) is 4.19. The first-order chi connectivity index (χ1) is 5.75. The van der Waals surface area contributed by atoms with E-state index in [1.807, 2.05) is 0 Å². The molecule has 1 atom stereocenters. The fourth-order valence-corrected chi connectivity index (χ4v) is 1.24. The van der Waals surface area contributed by atoms with Crippen molar-refractivity contribution < 1.29 is 5.11 Å². The summed E-state index contributed by atoms with van der Waals surface area (Å²) >= 11 is 4.26. The first kappa shape index (κ1) is 9.60. The quantitative estimate of drug-likeness (QED) is 0.642. The number of aliphatic hydroxyl groups is 1. The molecule has 0 saturated heterocycles. The highest BCUT2D eigenvalue weighted by Gasteiger charge is 2.38. The van der Waals surface area contributed by atoms with Gasteiger partial charge in [-0.25, -0.2) is 0 Å². The number of nitrogens with zero attached hydrogens (tertiary/aromatic N) is 4. The van der Waals surface area contributed by atoms with Crippen LogP contribution < -0.4 is 0 Å². The molecule has 0 spiro atoms. The molecule has 1 rings (SSSR count). The number of hydrogen-bond acceptors (Lipinski definition) is 6. The molecule has 0 aromatic heterocycles. The fraction of sp³-hybridized carbons (Fsp3) is 0.833. The summed E-state index contributed by atoms with van der Waals surface area (Å²) in [5.41, 5.74) is -0.778. The van der Waals surface area contributed by atoms with Gasteiger partial charge in [0.25, 0.3) is 0 Å². The molecule has 1 radical (unpaired) electrons. The topological polar surface area (TPSA) is 69.7 Å². The Kier molecular flexibility index (Phi) is 3.16. The molecule has 0 aromatic rings. The molecule has 0 fully saturated rings. The van der Waals surface area contributed by atoms with Crippen molar-refractivity contribution in [1.29, 1.82) is 0 Å². The van der Waals surface area contributed by atoms with Gasteiger partial charge in [0.1, 0.15) is 0 Å². The molecule has 67 valence electrons. The molecule has 0 bridgehead atoms. The van der Waals surface area contributed by atoms with Crippen molar-refractivity contribution in [3.8, 4) is 0 Å². The van der Waals surface area contributed by atoms with Crippen LogP contribution in [0.4, 0.5) is 0 Å². The van der Waals surface area contributed by atoms with E-state index in [-0.39, 0.29) is 11.9 Å². The second kappa shape index (κ2) is 3.95. The maximum atomic E-state index is 8.78. The van der Waals surface area contributed by atoms with E-state index in [2.05, 4.69) is 40.2 Å². The van der Waals surface area contributed by atoms with Crippen molar-refractivity contribution >= 4 is 12.6 Å². The van der Waals surface area contributed by atoms with Crippen LogP contribution in [0.25, 0.3) is 0 Å². The predicted octanol–water partition coefficient (Wildman–Crippen LogP) is 1.42. The van der Waals surface area contributed by atoms with Crippen molar-refractivity contribution in [2.75, 3.05) is 6.61 Å². The summed E-state index contributed by atoms with van der Waals surface area (Å²) in [5.74, 6) is 0. The van der Waals surface area contributed by atoms with Crippen LogP contribution >= 0.6 is 12.6 Å². The van der Waals surface area contributed by atoms with Crippen LogP contribution in [0, 0.1) is 6.92 Å². The molecule has 0 aromatic carbocycles. The monoisotopic (exact) mass is 187 g/mol. The van der Waals surface area contributed by atoms with Crippen molar-refractivity contribution in [2.24, 2.45) is 20.7 Å². The van der Waals surface area contributed by atoms with Gasteiger partial charge >= 0.3 is 0 Å². The number of thiol groups is 1. The van der Waals surface area contributed by atoms with Gasteiger partial charge in [0.15, 0.2) is 0 Å². The normalized spacial score (nSPS) is 21.6. The predicted molar refractivity (Wildman–Crippen MR) is 46.9 cm³/mol. The van der Waals surface area contributed by atoms with Crippen LogP contribution in [-0.4, -0.2) is 22.6 Å². The molecule has 0 saturated carbocycles. The molecular weight excluding hydrogens is 176 g/mol. The van der Waals surface area contributed by atoms with Crippen LogP contribution in [0.1, 0.15) is 12.8 Å². The third kappa shape index (κ3) is 1.64. The average Bonchev–Trinajstić information content (AvgIpc) is 2.53. The zero-order chi connectivity index (χ0) is 9.03. The summed E-state index contributed by atoms with van der Waals surface area (Å²) in [4.78, 5) is 0. The summed E-state index contributed by atoms with van der Waals surface area (Å²) in [7, 11) is 0. The van der Waals surface area contributed by atoms with Gasteiger partial charge in [-0.1, -0.05) is 6.92 Å². The highest BCUT2D eigenvalue weighted by atomic mass is 32.1. The Morgan fingerprint density at radius 3 is 2.42 bits per heavy atom. The van der Waals surface area contributed by atoms with E-state index < -0.39 is 5.66 Å². The van der Waals surface area contributed by atoms with Crippen molar-refractivity contribution in [1.82, 2.24) is 0 Å². The third-order valence-electron chi connectivity index (χ3n) is 1.76. The lowest BCUT2D eigenvalue weighted by Gasteiger charge is -2.23. The summed E-state index contributed by atoms with van der Waals surface area (Å²) in [6.07, 6.45) is 0.963. The molecule has 1 N–H and O–H groups in total. The van der Waals surface area contributed by atoms with Crippen molar-refractivity contribution in [2.45, 2.75) is 23.8 Å². The summed E-state index contributed by atoms with van der Waals surface area (Å²) in [5, 5.41) is 23.2. The lowest BCUT2D eigenvalue weighted by molar-refractivity contribution is 0.238. The second-order valence-corrected chi connectivity index (χ2v) is 3.16. The first-order valence-electron chi connectivity index (χ1n) is 3.67. The van der Waals surface area contributed by atoms with E-state index in [1.54, 1.807) is 0 Å². The molecule has 1 aliphatic rings. The standard InChI is InChI=1S/C6H11N4OS/c1-2-5(12)6(3-4-11)7-9-10-8-6/h5,11-12H,1-4H2. The minimum absolute atomic E-state index is 0.00486. The lowest BCUT2D eigenvalue weighted by Crippen LogP contribution is -2.34. The zero-order valence-electron chi connectivity index (χ0n) is 6.59. The Morgan fingerprint density at radius 1 is 1.42 bits per heavy atom. The van der Waals surface area contributed by atoms with Gasteiger partial charge in [0, 0.05) is 13.0 Å². The molecule has 5 nitrogen and oxygen atoms in total. The highest BCUT2D eigenvalue weighted by Crippen LogP contribution is 2.32. The number of hydrogen-bond donors (Lipinski definition) is 2. The minimum Gasteiger partial charge on any atom is -0.396 e. The Morgan fingerprint density at radius 2 is 2.00 bits per heavy atom. The van der Waals surface area contributed by atoms with E-state index in [1.165, 1.54) is 0 Å². The van der Waals surface area contributed by atoms with Crippen LogP contribution in [-0.2, 0) is 0 Å². The van der Waals surface area contributed by atoms with Gasteiger partial charge in [-0.3, -0.25) is 0 Å². The van der Waals surface area contributed by atoms with Crippen molar-refractivity contribution in [3.05, 3.63) is 6.92 Å². The molecule has 1 heterocycles. The van der Waals surface area contributed by atoms with Gasteiger partial charge in [-0.2, -0.15) is 12.6 Å². The molecule has 0 aliphatic carbocycles. The van der Waals surface area contributed by atoms with Gasteiger partial charge in [-0.05, 0) is 16.9 Å². The van der Waals surface area contributed by atoms with Crippen LogP contribution in [0.15, 0.2) is 20.7 Å².